The van der Waals surface area contributed by atoms with Crippen molar-refractivity contribution in [1.29, 1.82) is 0 Å². The van der Waals surface area contributed by atoms with Crippen molar-refractivity contribution in [2.45, 2.75) is 37.2 Å². The lowest BCUT2D eigenvalue weighted by atomic mass is 10.0. The number of hydrogen-bond donors (Lipinski definition) is 2. The first-order valence-corrected chi connectivity index (χ1v) is 9.74. The van der Waals surface area contributed by atoms with E-state index in [4.69, 9.17) is 11.6 Å². The van der Waals surface area contributed by atoms with Gasteiger partial charge in [0.15, 0.2) is 0 Å². The predicted octanol–water partition coefficient (Wildman–Crippen LogP) is 3.89. The van der Waals surface area contributed by atoms with Crippen LogP contribution in [0.3, 0.4) is 0 Å². The van der Waals surface area contributed by atoms with Crippen molar-refractivity contribution in [1.82, 2.24) is 10.0 Å². The summed E-state index contributed by atoms with van der Waals surface area (Å²) in [4.78, 5) is -0.413. The van der Waals surface area contributed by atoms with E-state index in [9.17, 15) is 12.8 Å². The highest BCUT2D eigenvalue weighted by Crippen LogP contribution is 2.20. The third-order valence-electron chi connectivity index (χ3n) is 3.79. The lowest BCUT2D eigenvalue weighted by molar-refractivity contribution is 0.346. The fourth-order valence-corrected chi connectivity index (χ4v) is 3.94. The van der Waals surface area contributed by atoms with Gasteiger partial charge in [-0.1, -0.05) is 41.9 Å². The molecule has 0 heterocycles. The average molecular weight is 385 g/mol. The van der Waals surface area contributed by atoms with Gasteiger partial charge in [0.2, 0.25) is 10.0 Å². The Bertz CT molecular complexity index is 826. The Kier molecular flexibility index (Phi) is 6.21. The van der Waals surface area contributed by atoms with Crippen LogP contribution in [0.15, 0.2) is 53.4 Å². The number of benzene rings is 2. The van der Waals surface area contributed by atoms with E-state index in [2.05, 4.69) is 10.0 Å². The fourth-order valence-electron chi connectivity index (χ4n) is 2.51. The molecule has 4 nitrogen and oxygen atoms in total. The number of hydrogen-bond acceptors (Lipinski definition) is 3. The van der Waals surface area contributed by atoms with E-state index in [0.29, 0.717) is 0 Å². The van der Waals surface area contributed by atoms with Crippen LogP contribution in [0.5, 0.6) is 0 Å². The highest BCUT2D eigenvalue weighted by molar-refractivity contribution is 7.89. The number of rotatable bonds is 7. The summed E-state index contributed by atoms with van der Waals surface area (Å²) in [6.07, 6.45) is 0. The van der Waals surface area contributed by atoms with Crippen LogP contribution >= 0.6 is 11.6 Å². The van der Waals surface area contributed by atoms with Crippen LogP contribution < -0.4 is 10.0 Å². The molecule has 0 saturated heterocycles. The van der Waals surface area contributed by atoms with E-state index in [-0.39, 0.29) is 17.6 Å². The Hall–Kier alpha value is -1.47. The van der Waals surface area contributed by atoms with Crippen molar-refractivity contribution in [2.75, 3.05) is 6.54 Å². The number of halogens is 2. The summed E-state index contributed by atoms with van der Waals surface area (Å²) >= 11 is 5.67. The molecule has 25 heavy (non-hydrogen) atoms. The molecule has 7 heteroatoms. The Morgan fingerprint density at radius 1 is 1.16 bits per heavy atom. The lowest BCUT2D eigenvalue weighted by Crippen LogP contribution is -2.49. The zero-order valence-corrected chi connectivity index (χ0v) is 16.0. The molecule has 0 aliphatic carbocycles. The van der Waals surface area contributed by atoms with Gasteiger partial charge in [-0.05, 0) is 44.5 Å². The second kappa shape index (κ2) is 7.83. The zero-order valence-electron chi connectivity index (χ0n) is 14.4. The third kappa shape index (κ3) is 5.51. The van der Waals surface area contributed by atoms with Gasteiger partial charge in [-0.15, -0.1) is 0 Å². The molecule has 2 N–H and O–H groups in total. The van der Waals surface area contributed by atoms with Crippen LogP contribution in [0.1, 0.15) is 32.4 Å². The maximum absolute atomic E-state index is 13.9. The molecule has 0 fully saturated rings. The highest BCUT2D eigenvalue weighted by atomic mass is 35.5. The lowest BCUT2D eigenvalue weighted by Gasteiger charge is -2.30. The molecule has 0 spiro atoms. The number of nitrogens with one attached hydrogen (secondary N) is 2. The van der Waals surface area contributed by atoms with Gasteiger partial charge < -0.3 is 5.32 Å². The smallest absolute Gasteiger partial charge is 0.243 e. The molecule has 2 aromatic rings. The van der Waals surface area contributed by atoms with Gasteiger partial charge in [-0.25, -0.2) is 17.5 Å². The first-order valence-electron chi connectivity index (χ1n) is 7.88. The molecule has 0 aliphatic rings. The zero-order chi connectivity index (χ0) is 18.7. The van der Waals surface area contributed by atoms with Crippen molar-refractivity contribution >= 4 is 21.6 Å². The maximum atomic E-state index is 13.9. The summed E-state index contributed by atoms with van der Waals surface area (Å²) in [6, 6.07) is 13.4. The third-order valence-corrected chi connectivity index (χ3v) is 5.46. The number of sulfonamides is 1. The maximum Gasteiger partial charge on any atom is 0.243 e. The van der Waals surface area contributed by atoms with Crippen LogP contribution in [-0.2, 0) is 10.0 Å². The van der Waals surface area contributed by atoms with Gasteiger partial charge in [0.1, 0.15) is 10.7 Å². The van der Waals surface area contributed by atoms with Gasteiger partial charge in [0.05, 0.1) is 0 Å². The van der Waals surface area contributed by atoms with Crippen LogP contribution in [-0.4, -0.2) is 20.5 Å². The largest absolute Gasteiger partial charge is 0.304 e. The summed E-state index contributed by atoms with van der Waals surface area (Å²) in [5.74, 6) is -0.872. The van der Waals surface area contributed by atoms with E-state index in [1.165, 1.54) is 6.07 Å². The van der Waals surface area contributed by atoms with Crippen LogP contribution in [0, 0.1) is 5.82 Å². The molecule has 2 aromatic carbocycles. The van der Waals surface area contributed by atoms with Gasteiger partial charge in [0.25, 0.3) is 0 Å². The Morgan fingerprint density at radius 2 is 1.80 bits per heavy atom. The molecule has 0 radical (unpaired) electrons. The van der Waals surface area contributed by atoms with Crippen molar-refractivity contribution in [3.8, 4) is 0 Å². The summed E-state index contributed by atoms with van der Waals surface area (Å²) in [6.45, 7) is 5.87. The molecular formula is C18H22ClFN2O2S. The Balaban J connectivity index is 2.05. The van der Waals surface area contributed by atoms with Gasteiger partial charge >= 0.3 is 0 Å². The normalized spacial score (nSPS) is 13.6. The molecular weight excluding hydrogens is 363 g/mol. The molecule has 1 atom stereocenters. The fraction of sp³-hybridized carbons (Fsp3) is 0.333. The molecule has 2 rings (SSSR count). The molecule has 0 bridgehead atoms. The van der Waals surface area contributed by atoms with Crippen LogP contribution in [0.4, 0.5) is 4.39 Å². The minimum atomic E-state index is -3.96. The van der Waals surface area contributed by atoms with Crippen molar-refractivity contribution in [3.63, 3.8) is 0 Å². The molecule has 0 amide bonds. The predicted molar refractivity (Wildman–Crippen MR) is 98.7 cm³/mol. The van der Waals surface area contributed by atoms with Crippen LogP contribution in [0.25, 0.3) is 0 Å². The first-order chi connectivity index (χ1) is 11.6. The van der Waals surface area contributed by atoms with Crippen molar-refractivity contribution in [2.24, 2.45) is 0 Å². The van der Waals surface area contributed by atoms with Crippen LogP contribution in [0.2, 0.25) is 5.02 Å². The van der Waals surface area contributed by atoms with Gasteiger partial charge in [0, 0.05) is 23.1 Å². The summed E-state index contributed by atoms with van der Waals surface area (Å²) in [5, 5.41) is 3.53. The average Bonchev–Trinajstić information content (AvgIpc) is 2.53. The van der Waals surface area contributed by atoms with E-state index in [1.54, 1.807) is 0 Å². The van der Waals surface area contributed by atoms with Crippen molar-refractivity contribution < 1.29 is 12.8 Å². The molecule has 1 unspecified atom stereocenters. The van der Waals surface area contributed by atoms with E-state index < -0.39 is 26.3 Å². The van der Waals surface area contributed by atoms with E-state index in [1.807, 2.05) is 51.1 Å². The van der Waals surface area contributed by atoms with Crippen molar-refractivity contribution in [3.05, 3.63) is 64.9 Å². The van der Waals surface area contributed by atoms with Gasteiger partial charge in [-0.2, -0.15) is 0 Å². The second-order valence-corrected chi connectivity index (χ2v) is 8.73. The SMILES string of the molecule is CC(NC(C)(C)CNS(=O)(=O)c1ccc(Cl)cc1F)c1ccccc1. The minimum Gasteiger partial charge on any atom is -0.304 e. The summed E-state index contributed by atoms with van der Waals surface area (Å²) in [5.41, 5.74) is 0.563. The molecule has 0 saturated carbocycles. The highest BCUT2D eigenvalue weighted by Gasteiger charge is 2.25. The standard InChI is InChI=1S/C18H22ClFN2O2S/c1-13(14-7-5-4-6-8-14)22-18(2,3)12-21-25(23,24)17-10-9-15(19)11-16(17)20/h4-11,13,21-22H,12H2,1-3H3. The monoisotopic (exact) mass is 384 g/mol. The Morgan fingerprint density at radius 3 is 2.40 bits per heavy atom. The first kappa shape index (κ1) is 19.8. The summed E-state index contributed by atoms with van der Waals surface area (Å²) < 4.78 is 41.0. The molecule has 136 valence electrons. The quantitative estimate of drug-likeness (QED) is 0.761. The van der Waals surface area contributed by atoms with E-state index >= 15 is 0 Å². The Labute approximate surface area is 153 Å². The minimum absolute atomic E-state index is 0.0352. The topological polar surface area (TPSA) is 58.2 Å². The molecule has 0 aliphatic heterocycles. The van der Waals surface area contributed by atoms with E-state index in [0.717, 1.165) is 17.7 Å². The second-order valence-electron chi connectivity index (χ2n) is 6.56. The van der Waals surface area contributed by atoms with Gasteiger partial charge in [-0.3, -0.25) is 0 Å². The molecule has 0 aromatic heterocycles. The summed E-state index contributed by atoms with van der Waals surface area (Å²) in [7, 11) is -3.96.